The molecule has 0 bridgehead atoms. The zero-order valence-electron chi connectivity index (χ0n) is 13.0. The molecule has 3 unspecified atom stereocenters. The molecular weight excluding hydrogens is 268 g/mol. The van der Waals surface area contributed by atoms with E-state index in [1.165, 1.54) is 25.7 Å². The number of aliphatic carboxylic acids is 1. The molecule has 120 valence electrons. The summed E-state index contributed by atoms with van der Waals surface area (Å²) in [7, 11) is 0. The molecule has 3 atom stereocenters. The predicted octanol–water partition coefficient (Wildman–Crippen LogP) is 2.85. The SMILES string of the molecule is CCC(CNC(=O)N1CCCC2CCCCC21)CC(=O)O. The fourth-order valence-electron chi connectivity index (χ4n) is 3.82. The molecule has 2 amide bonds. The van der Waals surface area contributed by atoms with Crippen LogP contribution in [-0.4, -0.2) is 41.1 Å². The highest BCUT2D eigenvalue weighted by atomic mass is 16.4. The third kappa shape index (κ3) is 4.35. The maximum atomic E-state index is 12.4. The van der Waals surface area contributed by atoms with Gasteiger partial charge in [-0.1, -0.05) is 26.2 Å². The minimum absolute atomic E-state index is 0.00967. The molecule has 2 N–H and O–H groups in total. The van der Waals surface area contributed by atoms with Crippen LogP contribution in [0.5, 0.6) is 0 Å². The lowest BCUT2D eigenvalue weighted by Gasteiger charge is -2.44. The first kappa shape index (κ1) is 16.1. The minimum Gasteiger partial charge on any atom is -0.481 e. The maximum Gasteiger partial charge on any atom is 0.317 e. The van der Waals surface area contributed by atoms with E-state index in [4.69, 9.17) is 5.11 Å². The van der Waals surface area contributed by atoms with Gasteiger partial charge in [0, 0.05) is 25.6 Å². The van der Waals surface area contributed by atoms with E-state index >= 15 is 0 Å². The Morgan fingerprint density at radius 2 is 1.95 bits per heavy atom. The Morgan fingerprint density at radius 3 is 2.67 bits per heavy atom. The Balaban J connectivity index is 1.85. The molecule has 0 spiro atoms. The van der Waals surface area contributed by atoms with Crippen LogP contribution in [0.25, 0.3) is 0 Å². The number of urea groups is 1. The van der Waals surface area contributed by atoms with Gasteiger partial charge in [0.2, 0.25) is 0 Å². The van der Waals surface area contributed by atoms with Gasteiger partial charge in [0.15, 0.2) is 0 Å². The third-order valence-corrected chi connectivity index (χ3v) is 5.09. The highest BCUT2D eigenvalue weighted by Crippen LogP contribution is 2.35. The minimum atomic E-state index is -0.790. The summed E-state index contributed by atoms with van der Waals surface area (Å²) in [5.74, 6) is -0.0842. The van der Waals surface area contributed by atoms with E-state index < -0.39 is 5.97 Å². The summed E-state index contributed by atoms with van der Waals surface area (Å²) in [5, 5.41) is 11.8. The molecule has 21 heavy (non-hydrogen) atoms. The van der Waals surface area contributed by atoms with Crippen LogP contribution in [0.15, 0.2) is 0 Å². The standard InChI is InChI=1S/C16H28N2O3/c1-2-12(10-15(19)20)11-17-16(21)18-9-5-7-13-6-3-4-8-14(13)18/h12-14H,2-11H2,1H3,(H,17,21)(H,19,20). The van der Waals surface area contributed by atoms with Gasteiger partial charge < -0.3 is 15.3 Å². The number of carbonyl (C=O) groups is 2. The summed E-state index contributed by atoms with van der Waals surface area (Å²) in [4.78, 5) is 25.2. The van der Waals surface area contributed by atoms with Crippen LogP contribution in [0, 0.1) is 11.8 Å². The van der Waals surface area contributed by atoms with Crippen LogP contribution in [0.1, 0.15) is 58.3 Å². The molecule has 0 aromatic carbocycles. The number of carbonyl (C=O) groups excluding carboxylic acids is 1. The van der Waals surface area contributed by atoms with Crippen LogP contribution in [-0.2, 0) is 4.79 Å². The van der Waals surface area contributed by atoms with E-state index in [1.54, 1.807) is 0 Å². The van der Waals surface area contributed by atoms with Crippen LogP contribution in [0.3, 0.4) is 0 Å². The summed E-state index contributed by atoms with van der Waals surface area (Å²) >= 11 is 0. The van der Waals surface area contributed by atoms with Crippen molar-refractivity contribution in [2.75, 3.05) is 13.1 Å². The number of amides is 2. The number of nitrogens with zero attached hydrogens (tertiary/aromatic N) is 1. The molecule has 2 fully saturated rings. The first-order valence-corrected chi connectivity index (χ1v) is 8.38. The average molecular weight is 296 g/mol. The zero-order chi connectivity index (χ0) is 15.2. The summed E-state index contributed by atoms with van der Waals surface area (Å²) in [6, 6.07) is 0.419. The molecule has 5 heteroatoms. The van der Waals surface area contributed by atoms with Crippen molar-refractivity contribution in [3.63, 3.8) is 0 Å². The first-order valence-electron chi connectivity index (χ1n) is 8.38. The van der Waals surface area contributed by atoms with Gasteiger partial charge in [-0.15, -0.1) is 0 Å². The Kier molecular flexibility index (Phi) is 5.88. The number of fused-ring (bicyclic) bond motifs is 1. The van der Waals surface area contributed by atoms with E-state index in [1.807, 2.05) is 11.8 Å². The lowest BCUT2D eigenvalue weighted by molar-refractivity contribution is -0.138. The number of hydrogen-bond donors (Lipinski definition) is 2. The summed E-state index contributed by atoms with van der Waals surface area (Å²) in [6.07, 6.45) is 8.16. The van der Waals surface area contributed by atoms with Crippen molar-refractivity contribution in [1.82, 2.24) is 10.2 Å². The van der Waals surface area contributed by atoms with Gasteiger partial charge >= 0.3 is 12.0 Å². The van der Waals surface area contributed by atoms with E-state index in [0.29, 0.717) is 18.5 Å². The van der Waals surface area contributed by atoms with Crippen molar-refractivity contribution in [2.24, 2.45) is 11.8 Å². The van der Waals surface area contributed by atoms with Crippen molar-refractivity contribution >= 4 is 12.0 Å². The maximum absolute atomic E-state index is 12.4. The first-order chi connectivity index (χ1) is 10.1. The zero-order valence-corrected chi connectivity index (χ0v) is 13.0. The van der Waals surface area contributed by atoms with Crippen molar-refractivity contribution < 1.29 is 14.7 Å². The Bertz CT molecular complexity index is 371. The van der Waals surface area contributed by atoms with E-state index in [0.717, 1.165) is 25.8 Å². The molecule has 1 saturated carbocycles. The van der Waals surface area contributed by atoms with Gasteiger partial charge in [0.25, 0.3) is 0 Å². The second kappa shape index (κ2) is 7.66. The number of carboxylic acids is 1. The number of likely N-dealkylation sites (tertiary alicyclic amines) is 1. The normalized spacial score (nSPS) is 26.8. The summed E-state index contributed by atoms with van der Waals surface area (Å²) in [6.45, 7) is 3.29. The molecule has 0 radical (unpaired) electrons. The number of nitrogens with one attached hydrogen (secondary N) is 1. The lowest BCUT2D eigenvalue weighted by Crippen LogP contribution is -2.53. The molecule has 1 heterocycles. The molecule has 0 aromatic rings. The number of rotatable bonds is 5. The fraction of sp³-hybridized carbons (Fsp3) is 0.875. The molecule has 1 saturated heterocycles. The van der Waals surface area contributed by atoms with Crippen LogP contribution < -0.4 is 5.32 Å². The van der Waals surface area contributed by atoms with Gasteiger partial charge in [-0.3, -0.25) is 4.79 Å². The number of hydrogen-bond acceptors (Lipinski definition) is 2. The van der Waals surface area contributed by atoms with E-state index in [9.17, 15) is 9.59 Å². The van der Waals surface area contributed by atoms with Crippen molar-refractivity contribution in [1.29, 1.82) is 0 Å². The molecule has 5 nitrogen and oxygen atoms in total. The fourth-order valence-corrected chi connectivity index (χ4v) is 3.82. The molecule has 1 aliphatic heterocycles. The van der Waals surface area contributed by atoms with Gasteiger partial charge in [0.05, 0.1) is 0 Å². The van der Waals surface area contributed by atoms with E-state index in [2.05, 4.69) is 5.32 Å². The second-order valence-corrected chi connectivity index (χ2v) is 6.51. The number of carboxylic acid groups (broad SMARTS) is 1. The Morgan fingerprint density at radius 1 is 1.24 bits per heavy atom. The summed E-state index contributed by atoms with van der Waals surface area (Å²) < 4.78 is 0. The molecular formula is C16H28N2O3. The van der Waals surface area contributed by atoms with Crippen LogP contribution in [0.4, 0.5) is 4.79 Å². The van der Waals surface area contributed by atoms with Crippen molar-refractivity contribution in [3.05, 3.63) is 0 Å². The van der Waals surface area contributed by atoms with Crippen LogP contribution in [0.2, 0.25) is 0 Å². The smallest absolute Gasteiger partial charge is 0.317 e. The number of piperidine rings is 1. The van der Waals surface area contributed by atoms with Crippen molar-refractivity contribution in [2.45, 2.75) is 64.3 Å². The highest BCUT2D eigenvalue weighted by molar-refractivity contribution is 5.75. The van der Waals surface area contributed by atoms with E-state index in [-0.39, 0.29) is 18.4 Å². The Hall–Kier alpha value is -1.26. The van der Waals surface area contributed by atoms with Gasteiger partial charge in [-0.2, -0.15) is 0 Å². The quantitative estimate of drug-likeness (QED) is 0.819. The molecule has 2 rings (SSSR count). The highest BCUT2D eigenvalue weighted by Gasteiger charge is 2.35. The lowest BCUT2D eigenvalue weighted by atomic mass is 9.78. The molecule has 2 aliphatic rings. The van der Waals surface area contributed by atoms with Gasteiger partial charge in [-0.25, -0.2) is 4.79 Å². The monoisotopic (exact) mass is 296 g/mol. The third-order valence-electron chi connectivity index (χ3n) is 5.09. The van der Waals surface area contributed by atoms with Gasteiger partial charge in [-0.05, 0) is 37.5 Å². The topological polar surface area (TPSA) is 69.6 Å². The van der Waals surface area contributed by atoms with Crippen LogP contribution >= 0.6 is 0 Å². The molecule has 0 aromatic heterocycles. The average Bonchev–Trinajstić information content (AvgIpc) is 2.50. The predicted molar refractivity (Wildman–Crippen MR) is 81.1 cm³/mol. The molecule has 1 aliphatic carbocycles. The van der Waals surface area contributed by atoms with Gasteiger partial charge in [0.1, 0.15) is 0 Å². The summed E-state index contributed by atoms with van der Waals surface area (Å²) in [5.41, 5.74) is 0. The van der Waals surface area contributed by atoms with Crippen molar-refractivity contribution in [3.8, 4) is 0 Å². The second-order valence-electron chi connectivity index (χ2n) is 6.51. The Labute approximate surface area is 127 Å². The largest absolute Gasteiger partial charge is 0.481 e.